The zero-order valence-electron chi connectivity index (χ0n) is 8.55. The minimum absolute atomic E-state index is 0.0700. The molecular formula is C11H19NO. The zero-order chi connectivity index (χ0) is 9.68. The lowest BCUT2D eigenvalue weighted by Gasteiger charge is -2.09. The molecule has 1 amide bonds. The topological polar surface area (TPSA) is 29.1 Å². The molecule has 1 saturated carbocycles. The summed E-state index contributed by atoms with van der Waals surface area (Å²) in [5.41, 5.74) is 0. The highest BCUT2D eigenvalue weighted by Crippen LogP contribution is 2.17. The van der Waals surface area contributed by atoms with Crippen molar-refractivity contribution in [3.8, 4) is 0 Å². The van der Waals surface area contributed by atoms with Gasteiger partial charge in [-0.2, -0.15) is 0 Å². The van der Waals surface area contributed by atoms with Crippen LogP contribution in [0.15, 0.2) is 12.2 Å². The quantitative estimate of drug-likeness (QED) is 0.665. The zero-order valence-corrected chi connectivity index (χ0v) is 8.55. The van der Waals surface area contributed by atoms with Crippen LogP contribution in [-0.2, 0) is 4.79 Å². The molecule has 0 aromatic rings. The molecule has 0 aromatic carbocycles. The van der Waals surface area contributed by atoms with E-state index in [2.05, 4.69) is 19.2 Å². The van der Waals surface area contributed by atoms with Crippen molar-refractivity contribution in [1.82, 2.24) is 5.32 Å². The lowest BCUT2D eigenvalue weighted by atomic mass is 10.2. The van der Waals surface area contributed by atoms with Crippen molar-refractivity contribution in [3.63, 3.8) is 0 Å². The lowest BCUT2D eigenvalue weighted by molar-refractivity contribution is -0.117. The molecule has 0 saturated heterocycles. The van der Waals surface area contributed by atoms with Crippen LogP contribution in [0.4, 0.5) is 0 Å². The standard InChI is InChI=1S/C11H19NO/c1-9(2)7-8-11(13)12-10-5-3-4-6-10/h7-10H,3-6H2,1-2H3,(H,12,13)/b8-7+. The number of allylic oxidation sites excluding steroid dienone is 1. The Balaban J connectivity index is 2.24. The van der Waals surface area contributed by atoms with Crippen LogP contribution < -0.4 is 5.32 Å². The molecule has 13 heavy (non-hydrogen) atoms. The first-order chi connectivity index (χ1) is 6.18. The highest BCUT2D eigenvalue weighted by atomic mass is 16.1. The summed E-state index contributed by atoms with van der Waals surface area (Å²) in [6, 6.07) is 0.435. The van der Waals surface area contributed by atoms with E-state index < -0.39 is 0 Å². The Labute approximate surface area is 80.4 Å². The van der Waals surface area contributed by atoms with Crippen LogP contribution in [-0.4, -0.2) is 11.9 Å². The third kappa shape index (κ3) is 4.11. The molecule has 0 atom stereocenters. The van der Waals surface area contributed by atoms with Gasteiger partial charge < -0.3 is 5.32 Å². The normalized spacial score (nSPS) is 18.7. The molecule has 1 N–H and O–H groups in total. The van der Waals surface area contributed by atoms with E-state index in [0.29, 0.717) is 12.0 Å². The van der Waals surface area contributed by atoms with E-state index in [4.69, 9.17) is 0 Å². The Morgan fingerprint density at radius 3 is 2.54 bits per heavy atom. The van der Waals surface area contributed by atoms with E-state index in [-0.39, 0.29) is 5.91 Å². The number of carbonyl (C=O) groups excluding carboxylic acids is 1. The van der Waals surface area contributed by atoms with E-state index in [1.54, 1.807) is 6.08 Å². The summed E-state index contributed by atoms with van der Waals surface area (Å²) < 4.78 is 0. The third-order valence-corrected chi connectivity index (χ3v) is 2.33. The Kier molecular flexibility index (Phi) is 4.00. The van der Waals surface area contributed by atoms with E-state index >= 15 is 0 Å². The van der Waals surface area contributed by atoms with Crippen LogP contribution in [0.5, 0.6) is 0 Å². The SMILES string of the molecule is CC(C)/C=C/C(=O)NC1CCCC1. The number of nitrogens with one attached hydrogen (secondary N) is 1. The van der Waals surface area contributed by atoms with E-state index in [1.807, 2.05) is 6.08 Å². The van der Waals surface area contributed by atoms with E-state index in [1.165, 1.54) is 12.8 Å². The molecule has 0 heterocycles. The van der Waals surface area contributed by atoms with Gasteiger partial charge in [0.05, 0.1) is 0 Å². The number of amides is 1. The summed E-state index contributed by atoms with van der Waals surface area (Å²) >= 11 is 0. The fourth-order valence-corrected chi connectivity index (χ4v) is 1.60. The van der Waals surface area contributed by atoms with Gasteiger partial charge in [-0.3, -0.25) is 4.79 Å². The number of carbonyl (C=O) groups is 1. The van der Waals surface area contributed by atoms with Gasteiger partial charge in [0.2, 0.25) is 5.91 Å². The molecule has 0 aliphatic heterocycles. The highest BCUT2D eigenvalue weighted by Gasteiger charge is 2.15. The van der Waals surface area contributed by atoms with Gasteiger partial charge in [-0.15, -0.1) is 0 Å². The average Bonchev–Trinajstić information content (AvgIpc) is 2.53. The van der Waals surface area contributed by atoms with Crippen molar-refractivity contribution in [3.05, 3.63) is 12.2 Å². The molecule has 1 rings (SSSR count). The van der Waals surface area contributed by atoms with Crippen LogP contribution in [0.1, 0.15) is 39.5 Å². The van der Waals surface area contributed by atoms with Gasteiger partial charge in [-0.1, -0.05) is 32.8 Å². The van der Waals surface area contributed by atoms with Crippen molar-refractivity contribution >= 4 is 5.91 Å². The fraction of sp³-hybridized carbons (Fsp3) is 0.727. The number of hydrogen-bond donors (Lipinski definition) is 1. The lowest BCUT2D eigenvalue weighted by Crippen LogP contribution is -2.31. The summed E-state index contributed by atoms with van der Waals surface area (Å²) in [6.45, 7) is 4.14. The molecule has 1 fully saturated rings. The Morgan fingerprint density at radius 2 is 2.00 bits per heavy atom. The molecule has 74 valence electrons. The molecule has 1 aliphatic rings. The summed E-state index contributed by atoms with van der Waals surface area (Å²) in [6.07, 6.45) is 8.42. The maximum atomic E-state index is 11.3. The van der Waals surface area contributed by atoms with Gasteiger partial charge in [0, 0.05) is 6.04 Å². The Morgan fingerprint density at radius 1 is 1.38 bits per heavy atom. The maximum Gasteiger partial charge on any atom is 0.243 e. The van der Waals surface area contributed by atoms with Crippen molar-refractivity contribution in [2.75, 3.05) is 0 Å². The molecular weight excluding hydrogens is 162 g/mol. The second kappa shape index (κ2) is 5.05. The first-order valence-electron chi connectivity index (χ1n) is 5.17. The molecule has 2 heteroatoms. The van der Waals surface area contributed by atoms with Gasteiger partial charge in [-0.25, -0.2) is 0 Å². The minimum atomic E-state index is 0.0700. The largest absolute Gasteiger partial charge is 0.350 e. The van der Waals surface area contributed by atoms with Gasteiger partial charge in [0.25, 0.3) is 0 Å². The van der Waals surface area contributed by atoms with Crippen LogP contribution in [0.25, 0.3) is 0 Å². The second-order valence-corrected chi connectivity index (χ2v) is 4.09. The van der Waals surface area contributed by atoms with Crippen LogP contribution in [0, 0.1) is 5.92 Å². The molecule has 0 radical (unpaired) electrons. The van der Waals surface area contributed by atoms with E-state index in [0.717, 1.165) is 12.8 Å². The second-order valence-electron chi connectivity index (χ2n) is 4.09. The van der Waals surface area contributed by atoms with Crippen LogP contribution in [0.2, 0.25) is 0 Å². The van der Waals surface area contributed by atoms with Crippen molar-refractivity contribution in [1.29, 1.82) is 0 Å². The minimum Gasteiger partial charge on any atom is -0.350 e. The highest BCUT2D eigenvalue weighted by molar-refractivity contribution is 5.87. The maximum absolute atomic E-state index is 11.3. The molecule has 0 unspecified atom stereocenters. The van der Waals surface area contributed by atoms with Gasteiger partial charge in [0.15, 0.2) is 0 Å². The fourth-order valence-electron chi connectivity index (χ4n) is 1.60. The van der Waals surface area contributed by atoms with Gasteiger partial charge >= 0.3 is 0 Å². The first-order valence-corrected chi connectivity index (χ1v) is 5.17. The monoisotopic (exact) mass is 181 g/mol. The summed E-state index contributed by atoms with van der Waals surface area (Å²) in [4.78, 5) is 11.3. The summed E-state index contributed by atoms with van der Waals surface area (Å²) in [5.74, 6) is 0.523. The molecule has 2 nitrogen and oxygen atoms in total. The average molecular weight is 181 g/mol. The predicted octanol–water partition coefficient (Wildman–Crippen LogP) is 2.26. The Bertz CT molecular complexity index is 190. The summed E-state index contributed by atoms with van der Waals surface area (Å²) in [7, 11) is 0. The predicted molar refractivity (Wildman–Crippen MR) is 54.4 cm³/mol. The number of rotatable bonds is 3. The molecule has 1 aliphatic carbocycles. The van der Waals surface area contributed by atoms with Crippen molar-refractivity contribution < 1.29 is 4.79 Å². The number of hydrogen-bond acceptors (Lipinski definition) is 1. The van der Waals surface area contributed by atoms with Crippen molar-refractivity contribution in [2.45, 2.75) is 45.6 Å². The summed E-state index contributed by atoms with van der Waals surface area (Å²) in [5, 5.41) is 3.01. The van der Waals surface area contributed by atoms with Crippen LogP contribution in [0.3, 0.4) is 0 Å². The molecule has 0 aromatic heterocycles. The van der Waals surface area contributed by atoms with E-state index in [9.17, 15) is 4.79 Å². The van der Waals surface area contributed by atoms with Gasteiger partial charge in [0.1, 0.15) is 0 Å². The van der Waals surface area contributed by atoms with Crippen molar-refractivity contribution in [2.24, 2.45) is 5.92 Å². The first kappa shape index (κ1) is 10.3. The van der Waals surface area contributed by atoms with Crippen LogP contribution >= 0.6 is 0 Å². The van der Waals surface area contributed by atoms with Gasteiger partial charge in [-0.05, 0) is 24.8 Å². The molecule has 0 bridgehead atoms. The molecule has 0 spiro atoms. The Hall–Kier alpha value is -0.790. The smallest absolute Gasteiger partial charge is 0.243 e. The third-order valence-electron chi connectivity index (χ3n) is 2.33.